The molecule has 7 nitrogen and oxygen atoms in total. The van der Waals surface area contributed by atoms with Gasteiger partial charge in [-0.05, 0) is 97.5 Å². The van der Waals surface area contributed by atoms with E-state index in [0.29, 0.717) is 12.2 Å². The van der Waals surface area contributed by atoms with Gasteiger partial charge in [-0.3, -0.25) is 24.5 Å². The number of amides is 2. The fraction of sp³-hybridized carbons (Fsp3) is 0.415. The maximum absolute atomic E-state index is 14.1. The highest BCUT2D eigenvalue weighted by Gasteiger charge is 2.29. The number of piperidine rings is 2. The number of unbranched alkanes of at least 4 members (excludes halogenated alkanes) is 2. The van der Waals surface area contributed by atoms with E-state index in [-0.39, 0.29) is 17.9 Å². The van der Waals surface area contributed by atoms with Crippen LogP contribution in [0, 0.1) is 0 Å². The number of aryl methyl sites for hydroxylation is 1. The zero-order valence-corrected chi connectivity index (χ0v) is 28.4. The second-order valence-corrected chi connectivity index (χ2v) is 13.4. The summed E-state index contributed by atoms with van der Waals surface area (Å²) in [6.45, 7) is 7.12. The molecule has 0 unspecified atom stereocenters. The molecule has 250 valence electrons. The van der Waals surface area contributed by atoms with Gasteiger partial charge in [-0.1, -0.05) is 68.3 Å². The molecule has 2 aliphatic heterocycles. The fourth-order valence-corrected chi connectivity index (χ4v) is 6.99. The van der Waals surface area contributed by atoms with Crippen LogP contribution in [0.1, 0.15) is 96.0 Å². The minimum absolute atomic E-state index is 0.00341. The molecule has 0 N–H and O–H groups in total. The average Bonchev–Trinajstić information content (AvgIpc) is 3.15. The number of nitrogens with zero attached hydrogens (tertiary/aromatic N) is 5. The first-order valence-corrected chi connectivity index (χ1v) is 17.9. The van der Waals surface area contributed by atoms with E-state index in [4.69, 9.17) is 0 Å². The van der Waals surface area contributed by atoms with E-state index in [2.05, 4.69) is 58.2 Å². The Hall–Kier alpha value is -4.36. The maximum Gasteiger partial charge on any atom is 0.272 e. The molecule has 6 rings (SSSR count). The first kappa shape index (κ1) is 33.5. The molecular weight excluding hydrogens is 594 g/mol. The molecule has 2 saturated heterocycles. The average molecular weight is 644 g/mol. The van der Waals surface area contributed by atoms with Crippen LogP contribution >= 0.6 is 0 Å². The summed E-state index contributed by atoms with van der Waals surface area (Å²) in [7, 11) is 0. The number of carbonyl (C=O) groups is 2. The SMILES string of the molecule is CCCCCc1ccc(C(=O)N(Cc2ccc(-c3ccc(C(=O)N4CCCCC4)cc3)cc2)C2CCN(Cc3ccccn3)CC2)nc1. The summed E-state index contributed by atoms with van der Waals surface area (Å²) in [4.78, 5) is 42.6. The van der Waals surface area contributed by atoms with Gasteiger partial charge < -0.3 is 9.80 Å². The summed E-state index contributed by atoms with van der Waals surface area (Å²) < 4.78 is 0. The van der Waals surface area contributed by atoms with Crippen LogP contribution in [0.5, 0.6) is 0 Å². The molecule has 2 fully saturated rings. The van der Waals surface area contributed by atoms with Gasteiger partial charge in [0.2, 0.25) is 0 Å². The molecule has 7 heteroatoms. The van der Waals surface area contributed by atoms with Gasteiger partial charge in [-0.2, -0.15) is 0 Å². The lowest BCUT2D eigenvalue weighted by Crippen LogP contribution is -2.47. The van der Waals surface area contributed by atoms with E-state index in [1.54, 1.807) is 0 Å². The Balaban J connectivity index is 1.14. The lowest BCUT2D eigenvalue weighted by Gasteiger charge is -2.38. The van der Waals surface area contributed by atoms with Crippen LogP contribution in [0.3, 0.4) is 0 Å². The summed E-state index contributed by atoms with van der Waals surface area (Å²) >= 11 is 0. The molecule has 0 aliphatic carbocycles. The number of carbonyl (C=O) groups excluding carboxylic acids is 2. The highest BCUT2D eigenvalue weighted by molar-refractivity contribution is 5.95. The van der Waals surface area contributed by atoms with Gasteiger partial charge in [0.05, 0.1) is 5.69 Å². The first-order chi connectivity index (χ1) is 23.6. The van der Waals surface area contributed by atoms with Crippen molar-refractivity contribution >= 4 is 11.8 Å². The second-order valence-electron chi connectivity index (χ2n) is 13.4. The lowest BCUT2D eigenvalue weighted by atomic mass is 9.99. The van der Waals surface area contributed by atoms with Gasteiger partial charge in [0.25, 0.3) is 11.8 Å². The quantitative estimate of drug-likeness (QED) is 0.147. The van der Waals surface area contributed by atoms with Gasteiger partial charge in [0.1, 0.15) is 5.69 Å². The first-order valence-electron chi connectivity index (χ1n) is 17.9. The minimum atomic E-state index is -0.00341. The third-order valence-corrected chi connectivity index (χ3v) is 9.90. The van der Waals surface area contributed by atoms with Crippen molar-refractivity contribution in [2.75, 3.05) is 26.2 Å². The van der Waals surface area contributed by atoms with E-state index in [1.807, 2.05) is 64.7 Å². The second kappa shape index (κ2) is 16.6. The van der Waals surface area contributed by atoms with Crippen LogP contribution in [0.4, 0.5) is 0 Å². The number of likely N-dealkylation sites (tertiary alicyclic amines) is 2. The van der Waals surface area contributed by atoms with Gasteiger partial charge >= 0.3 is 0 Å². The minimum Gasteiger partial charge on any atom is -0.339 e. The fourth-order valence-electron chi connectivity index (χ4n) is 6.99. The van der Waals surface area contributed by atoms with Crippen molar-refractivity contribution in [1.82, 2.24) is 24.7 Å². The topological polar surface area (TPSA) is 69.6 Å². The standard InChI is InChI=1S/C41H49N5O2/c1-2-3-5-10-32-14-21-39(43-29-32)41(48)46(38-22-27-44(28-23-38)31-37-11-6-7-24-42-37)30-33-12-15-34(16-13-33)35-17-19-36(20-18-35)40(47)45-25-8-4-9-26-45/h6-7,11-21,24,29,38H,2-5,8-10,22-23,25-28,30-31H2,1H3. The summed E-state index contributed by atoms with van der Waals surface area (Å²) in [5.74, 6) is 0.126. The molecule has 4 aromatic rings. The van der Waals surface area contributed by atoms with E-state index < -0.39 is 0 Å². The lowest BCUT2D eigenvalue weighted by molar-refractivity contribution is 0.0535. The van der Waals surface area contributed by atoms with E-state index in [0.717, 1.165) is 99.2 Å². The largest absolute Gasteiger partial charge is 0.339 e. The normalized spacial score (nSPS) is 15.7. The molecule has 0 atom stereocenters. The number of benzene rings is 2. The zero-order valence-electron chi connectivity index (χ0n) is 28.4. The van der Waals surface area contributed by atoms with Gasteiger partial charge in [-0.15, -0.1) is 0 Å². The molecule has 2 amide bonds. The summed E-state index contributed by atoms with van der Waals surface area (Å²) in [6, 6.07) is 26.7. The molecular formula is C41H49N5O2. The zero-order chi connectivity index (χ0) is 33.1. The molecule has 0 saturated carbocycles. The van der Waals surface area contributed by atoms with Crippen molar-refractivity contribution in [1.29, 1.82) is 0 Å². The van der Waals surface area contributed by atoms with E-state index >= 15 is 0 Å². The van der Waals surface area contributed by atoms with Crippen molar-refractivity contribution in [3.63, 3.8) is 0 Å². The number of pyridine rings is 2. The molecule has 0 spiro atoms. The van der Waals surface area contributed by atoms with Crippen LogP contribution in [0.2, 0.25) is 0 Å². The molecule has 48 heavy (non-hydrogen) atoms. The van der Waals surface area contributed by atoms with Crippen molar-refractivity contribution in [3.8, 4) is 11.1 Å². The monoisotopic (exact) mass is 643 g/mol. The van der Waals surface area contributed by atoms with Crippen LogP contribution in [-0.4, -0.2) is 68.7 Å². The van der Waals surface area contributed by atoms with Crippen molar-refractivity contribution < 1.29 is 9.59 Å². The smallest absolute Gasteiger partial charge is 0.272 e. The Morgan fingerprint density at radius 1 is 0.771 bits per heavy atom. The predicted molar refractivity (Wildman–Crippen MR) is 192 cm³/mol. The number of hydrogen-bond donors (Lipinski definition) is 0. The van der Waals surface area contributed by atoms with Crippen molar-refractivity contribution in [2.45, 2.75) is 83.8 Å². The summed E-state index contributed by atoms with van der Waals surface area (Å²) in [6.07, 6.45) is 13.5. The molecule has 2 aromatic carbocycles. The van der Waals surface area contributed by atoms with Crippen LogP contribution in [-0.2, 0) is 19.5 Å². The maximum atomic E-state index is 14.1. The van der Waals surface area contributed by atoms with E-state index in [9.17, 15) is 9.59 Å². The molecule has 2 aliphatic rings. The molecule has 2 aromatic heterocycles. The van der Waals surface area contributed by atoms with Crippen molar-refractivity contribution in [2.24, 2.45) is 0 Å². The third-order valence-electron chi connectivity index (χ3n) is 9.90. The number of hydrogen-bond acceptors (Lipinski definition) is 5. The Morgan fingerprint density at radius 3 is 2.12 bits per heavy atom. The molecule has 4 heterocycles. The van der Waals surface area contributed by atoms with Crippen molar-refractivity contribution in [3.05, 3.63) is 119 Å². The third kappa shape index (κ3) is 8.75. The molecule has 0 bridgehead atoms. The summed E-state index contributed by atoms with van der Waals surface area (Å²) in [5.41, 5.74) is 6.80. The Kier molecular flexibility index (Phi) is 11.6. The van der Waals surface area contributed by atoms with Crippen LogP contribution in [0.15, 0.2) is 91.3 Å². The van der Waals surface area contributed by atoms with Gasteiger partial charge in [0.15, 0.2) is 0 Å². The highest BCUT2D eigenvalue weighted by atomic mass is 16.2. The van der Waals surface area contributed by atoms with Crippen LogP contribution < -0.4 is 0 Å². The number of aromatic nitrogens is 2. The van der Waals surface area contributed by atoms with E-state index in [1.165, 1.54) is 24.8 Å². The molecule has 0 radical (unpaired) electrons. The predicted octanol–water partition coefficient (Wildman–Crippen LogP) is 7.81. The Morgan fingerprint density at radius 2 is 1.48 bits per heavy atom. The Labute approximate surface area is 286 Å². The Bertz CT molecular complexity index is 1590. The number of rotatable bonds is 12. The highest BCUT2D eigenvalue weighted by Crippen LogP contribution is 2.25. The van der Waals surface area contributed by atoms with Crippen LogP contribution in [0.25, 0.3) is 11.1 Å². The summed E-state index contributed by atoms with van der Waals surface area (Å²) in [5, 5.41) is 0. The van der Waals surface area contributed by atoms with Gasteiger partial charge in [-0.25, -0.2) is 0 Å². The van der Waals surface area contributed by atoms with Gasteiger partial charge in [0, 0.05) is 63.3 Å².